The van der Waals surface area contributed by atoms with Crippen LogP contribution in [-0.4, -0.2) is 12.3 Å². The van der Waals surface area contributed by atoms with Gasteiger partial charge in [-0.2, -0.15) is 5.53 Å². The van der Waals surface area contributed by atoms with Gasteiger partial charge >= 0.3 is 5.97 Å². The van der Waals surface area contributed by atoms with E-state index in [-0.39, 0.29) is 11.9 Å². The van der Waals surface area contributed by atoms with Crippen LogP contribution in [0.2, 0.25) is 0 Å². The van der Waals surface area contributed by atoms with Crippen molar-refractivity contribution in [3.05, 3.63) is 24.3 Å². The summed E-state index contributed by atoms with van der Waals surface area (Å²) in [5, 5.41) is 11.3. The number of rotatable bonds is 5. The molecule has 1 saturated carbocycles. The van der Waals surface area contributed by atoms with Gasteiger partial charge in [-0.05, 0) is 25.0 Å². The number of esters is 1. The number of hydrogen-bond acceptors (Lipinski definition) is 5. The molecule has 1 aromatic rings. The average Bonchev–Trinajstić information content (AvgIpc) is 3.15. The summed E-state index contributed by atoms with van der Waals surface area (Å²) in [5.41, 5.74) is 7.39. The Morgan fingerprint density at radius 2 is 2.29 bits per heavy atom. The highest BCUT2D eigenvalue weighted by Crippen LogP contribution is 2.31. The molecule has 0 radical (unpaired) electrons. The van der Waals surface area contributed by atoms with Gasteiger partial charge in [0.1, 0.15) is 12.1 Å². The van der Waals surface area contributed by atoms with E-state index in [1.165, 1.54) is 0 Å². The summed E-state index contributed by atoms with van der Waals surface area (Å²) in [7, 11) is 0. The van der Waals surface area contributed by atoms with Gasteiger partial charge in [-0.1, -0.05) is 11.3 Å². The van der Waals surface area contributed by atoms with Crippen LogP contribution in [0.3, 0.4) is 0 Å². The topological polar surface area (TPSA) is 89.6 Å². The highest BCUT2D eigenvalue weighted by Gasteiger charge is 2.31. The first-order valence-electron chi connectivity index (χ1n) is 5.23. The monoisotopic (exact) mass is 232 g/mol. The summed E-state index contributed by atoms with van der Waals surface area (Å²) in [5.74, 6) is 0.236. The van der Waals surface area contributed by atoms with Crippen molar-refractivity contribution in [2.75, 3.05) is 5.01 Å². The van der Waals surface area contributed by atoms with E-state index in [2.05, 4.69) is 5.22 Å². The molecule has 0 unspecified atom stereocenters. The zero-order valence-corrected chi connectivity index (χ0v) is 9.09. The zero-order chi connectivity index (χ0) is 12.3. The number of nitrogens with one attached hydrogen (secondary N) is 2. The van der Waals surface area contributed by atoms with Crippen molar-refractivity contribution < 1.29 is 9.53 Å². The zero-order valence-electron chi connectivity index (χ0n) is 9.09. The third-order valence-electron chi connectivity index (χ3n) is 2.44. The minimum absolute atomic E-state index is 0.0401. The molecule has 6 heteroatoms. The van der Waals surface area contributed by atoms with Gasteiger partial charge in [0, 0.05) is 6.07 Å². The molecule has 6 nitrogen and oxygen atoms in total. The minimum atomic E-state index is -0.216. The molecule has 0 bridgehead atoms. The van der Waals surface area contributed by atoms with Crippen LogP contribution in [0, 0.1) is 16.9 Å². The normalized spacial score (nSPS) is 13.9. The quantitative estimate of drug-likeness (QED) is 0.204. The van der Waals surface area contributed by atoms with E-state index in [0.29, 0.717) is 11.4 Å². The largest absolute Gasteiger partial charge is 0.426 e. The fourth-order valence-corrected chi connectivity index (χ4v) is 1.37. The Morgan fingerprint density at radius 1 is 1.53 bits per heavy atom. The van der Waals surface area contributed by atoms with E-state index < -0.39 is 0 Å². The van der Waals surface area contributed by atoms with Gasteiger partial charge in [-0.3, -0.25) is 10.2 Å². The lowest BCUT2D eigenvalue weighted by molar-refractivity contribution is -0.135. The first kappa shape index (κ1) is 11.3. The van der Waals surface area contributed by atoms with Gasteiger partial charge < -0.3 is 4.74 Å². The van der Waals surface area contributed by atoms with Crippen LogP contribution >= 0.6 is 0 Å². The van der Waals surface area contributed by atoms with E-state index >= 15 is 0 Å². The van der Waals surface area contributed by atoms with Crippen molar-refractivity contribution in [1.82, 2.24) is 0 Å². The summed E-state index contributed by atoms with van der Waals surface area (Å²) < 4.78 is 5.17. The molecule has 2 rings (SSSR count). The molecule has 0 aromatic heterocycles. The van der Waals surface area contributed by atoms with E-state index in [0.717, 1.165) is 24.2 Å². The molecule has 17 heavy (non-hydrogen) atoms. The molecule has 0 aliphatic heterocycles. The van der Waals surface area contributed by atoms with Crippen LogP contribution in [0.5, 0.6) is 5.75 Å². The van der Waals surface area contributed by atoms with Crippen molar-refractivity contribution in [3.8, 4) is 5.75 Å². The second kappa shape index (κ2) is 4.73. The van der Waals surface area contributed by atoms with Gasteiger partial charge in [0.15, 0.2) is 0 Å². The van der Waals surface area contributed by atoms with E-state index in [1.807, 2.05) is 0 Å². The van der Waals surface area contributed by atoms with Gasteiger partial charge in [0.25, 0.3) is 0 Å². The Hall–Kier alpha value is -2.24. The molecule has 0 heterocycles. The number of hydrogen-bond donors (Lipinski definition) is 2. The van der Waals surface area contributed by atoms with Crippen molar-refractivity contribution in [1.29, 1.82) is 10.9 Å². The van der Waals surface area contributed by atoms with Crippen molar-refractivity contribution in [3.63, 3.8) is 0 Å². The Labute approximate surface area is 98.2 Å². The summed E-state index contributed by atoms with van der Waals surface area (Å²) in [4.78, 5) is 11.5. The average molecular weight is 232 g/mol. The summed E-state index contributed by atoms with van der Waals surface area (Å²) in [6.07, 6.45) is 2.70. The molecular weight excluding hydrogens is 220 g/mol. The fourth-order valence-electron chi connectivity index (χ4n) is 1.37. The van der Waals surface area contributed by atoms with Crippen LogP contribution in [0.15, 0.2) is 29.5 Å². The second-order valence-electron chi connectivity index (χ2n) is 3.77. The predicted molar refractivity (Wildman–Crippen MR) is 61.2 cm³/mol. The maximum absolute atomic E-state index is 11.5. The molecule has 1 aromatic carbocycles. The van der Waals surface area contributed by atoms with Crippen molar-refractivity contribution >= 4 is 18.0 Å². The lowest BCUT2D eigenvalue weighted by Gasteiger charge is -2.11. The SMILES string of the molecule is N=CN(N=N)c1cccc(OC(=O)C2CC2)c1. The van der Waals surface area contributed by atoms with Gasteiger partial charge in [0.2, 0.25) is 0 Å². The number of ether oxygens (including phenoxy) is 1. The van der Waals surface area contributed by atoms with Crippen LogP contribution in [-0.2, 0) is 4.79 Å². The van der Waals surface area contributed by atoms with Crippen LogP contribution in [0.25, 0.3) is 0 Å². The highest BCUT2D eigenvalue weighted by molar-refractivity contribution is 5.79. The standard InChI is InChI=1S/C11H12N4O2/c12-7-15(14-13)9-2-1-3-10(6-9)17-11(16)8-4-5-8/h1-3,6-8,12-13H,4-5H2. The molecular formula is C11H12N4O2. The second-order valence-corrected chi connectivity index (χ2v) is 3.77. The molecule has 0 spiro atoms. The van der Waals surface area contributed by atoms with Gasteiger partial charge in [-0.25, -0.2) is 5.01 Å². The third-order valence-corrected chi connectivity index (χ3v) is 2.44. The first-order chi connectivity index (χ1) is 8.24. The Morgan fingerprint density at radius 3 is 2.88 bits per heavy atom. The van der Waals surface area contributed by atoms with Crippen LogP contribution in [0.4, 0.5) is 5.69 Å². The summed E-state index contributed by atoms with van der Waals surface area (Å²) >= 11 is 0. The summed E-state index contributed by atoms with van der Waals surface area (Å²) in [6.45, 7) is 0. The van der Waals surface area contributed by atoms with Gasteiger partial charge in [-0.15, -0.1) is 0 Å². The molecule has 0 amide bonds. The Balaban J connectivity index is 2.12. The van der Waals surface area contributed by atoms with Gasteiger partial charge in [0.05, 0.1) is 11.6 Å². The van der Waals surface area contributed by atoms with Crippen LogP contribution in [0.1, 0.15) is 12.8 Å². The number of carbonyl (C=O) groups excluding carboxylic acids is 1. The number of nitrogens with zero attached hydrogens (tertiary/aromatic N) is 2. The smallest absolute Gasteiger partial charge is 0.314 e. The first-order valence-corrected chi connectivity index (χ1v) is 5.23. The highest BCUT2D eigenvalue weighted by atomic mass is 16.5. The van der Waals surface area contributed by atoms with Crippen molar-refractivity contribution in [2.24, 2.45) is 11.1 Å². The number of benzene rings is 1. The minimum Gasteiger partial charge on any atom is -0.426 e. The molecule has 1 aliphatic carbocycles. The summed E-state index contributed by atoms with van der Waals surface area (Å²) in [6, 6.07) is 6.60. The molecule has 1 fully saturated rings. The maximum atomic E-state index is 11.5. The lowest BCUT2D eigenvalue weighted by atomic mass is 10.3. The van der Waals surface area contributed by atoms with Crippen LogP contribution < -0.4 is 9.75 Å². The maximum Gasteiger partial charge on any atom is 0.314 e. The van der Waals surface area contributed by atoms with E-state index in [9.17, 15) is 4.79 Å². The Bertz CT molecular complexity index is 449. The molecule has 0 saturated heterocycles. The van der Waals surface area contributed by atoms with Crippen molar-refractivity contribution in [2.45, 2.75) is 12.8 Å². The fraction of sp³-hybridized carbons (Fsp3) is 0.273. The number of carbonyl (C=O) groups is 1. The molecule has 88 valence electrons. The molecule has 2 N–H and O–H groups in total. The lowest BCUT2D eigenvalue weighted by Crippen LogP contribution is -2.13. The third kappa shape index (κ3) is 2.66. The molecule has 1 aliphatic rings. The van der Waals surface area contributed by atoms with E-state index in [1.54, 1.807) is 24.3 Å². The molecule has 0 atom stereocenters. The predicted octanol–water partition coefficient (Wildman–Crippen LogP) is 2.36. The number of anilines is 1. The Kier molecular flexibility index (Phi) is 3.13. The van der Waals surface area contributed by atoms with E-state index in [4.69, 9.17) is 15.7 Å².